The van der Waals surface area contributed by atoms with Crippen molar-refractivity contribution in [3.8, 4) is 17.0 Å². The molecule has 152 valence electrons. The fraction of sp³-hybridized carbons (Fsp3) is 0.474. The summed E-state index contributed by atoms with van der Waals surface area (Å²) in [5.41, 5.74) is 0.529. The fourth-order valence-corrected chi connectivity index (χ4v) is 3.28. The van der Waals surface area contributed by atoms with Crippen molar-refractivity contribution in [1.82, 2.24) is 15.1 Å². The first-order valence-corrected chi connectivity index (χ1v) is 9.33. The highest BCUT2D eigenvalue weighted by Gasteiger charge is 2.32. The molecular weight excluding hydrogens is 373 g/mol. The molecule has 9 heteroatoms. The summed E-state index contributed by atoms with van der Waals surface area (Å²) in [6.45, 7) is 3.06. The first-order chi connectivity index (χ1) is 13.4. The largest absolute Gasteiger partial charge is 0.573 e. The normalized spacial score (nSPS) is 15.4. The Morgan fingerprint density at radius 3 is 2.71 bits per heavy atom. The molecule has 0 spiro atoms. The van der Waals surface area contributed by atoms with E-state index in [9.17, 15) is 18.0 Å². The number of nitrogens with one attached hydrogen (secondary N) is 2. The molecular formula is C19H23F3N4O2. The van der Waals surface area contributed by atoms with Gasteiger partial charge in [0.05, 0.1) is 5.69 Å². The van der Waals surface area contributed by atoms with Crippen molar-refractivity contribution in [2.24, 2.45) is 0 Å². The molecule has 2 heterocycles. The molecule has 1 aliphatic rings. The standard InChI is InChI=1S/C19H23F3N4O2/c20-19(21,22)28-16-8-3-2-7-14(16)15-13-17(25-24-15)23-18(27)9-6-12-26-10-4-1-5-11-26/h2-3,7-8,13H,1,4-6,9-12H2,(H2,23,24,25,27). The minimum Gasteiger partial charge on any atom is -0.405 e. The van der Waals surface area contributed by atoms with Crippen LogP contribution < -0.4 is 10.1 Å². The number of halogens is 3. The van der Waals surface area contributed by atoms with Gasteiger partial charge >= 0.3 is 6.36 Å². The number of piperidine rings is 1. The molecule has 1 aromatic carbocycles. The molecule has 1 aromatic heterocycles. The van der Waals surface area contributed by atoms with Gasteiger partial charge in [-0.2, -0.15) is 5.10 Å². The zero-order valence-electron chi connectivity index (χ0n) is 15.4. The van der Waals surface area contributed by atoms with Gasteiger partial charge in [0.15, 0.2) is 5.82 Å². The van der Waals surface area contributed by atoms with E-state index < -0.39 is 6.36 Å². The molecule has 0 radical (unpaired) electrons. The quantitative estimate of drug-likeness (QED) is 0.737. The summed E-state index contributed by atoms with van der Waals surface area (Å²) < 4.78 is 41.7. The van der Waals surface area contributed by atoms with Crippen LogP contribution in [0, 0.1) is 0 Å². The summed E-state index contributed by atoms with van der Waals surface area (Å²) in [6, 6.07) is 7.24. The Bertz CT molecular complexity index is 785. The maximum atomic E-state index is 12.6. The fourth-order valence-electron chi connectivity index (χ4n) is 3.28. The zero-order valence-corrected chi connectivity index (χ0v) is 15.4. The number of hydrogen-bond donors (Lipinski definition) is 2. The summed E-state index contributed by atoms with van der Waals surface area (Å²) in [5, 5.41) is 9.28. The molecule has 3 rings (SSSR count). The number of ether oxygens (including phenoxy) is 1. The summed E-state index contributed by atoms with van der Waals surface area (Å²) in [7, 11) is 0. The smallest absolute Gasteiger partial charge is 0.405 e. The number of nitrogens with zero attached hydrogens (tertiary/aromatic N) is 2. The van der Waals surface area contributed by atoms with Gasteiger partial charge in [-0.25, -0.2) is 0 Å². The van der Waals surface area contributed by atoms with Gasteiger partial charge in [0, 0.05) is 18.1 Å². The molecule has 0 unspecified atom stereocenters. The van der Waals surface area contributed by atoms with Crippen LogP contribution in [-0.2, 0) is 4.79 Å². The Morgan fingerprint density at radius 1 is 1.21 bits per heavy atom. The summed E-state index contributed by atoms with van der Waals surface area (Å²) >= 11 is 0. The predicted molar refractivity (Wildman–Crippen MR) is 98.9 cm³/mol. The number of aromatic nitrogens is 2. The minimum absolute atomic E-state index is 0.171. The zero-order chi connectivity index (χ0) is 20.0. The Morgan fingerprint density at radius 2 is 1.96 bits per heavy atom. The number of benzene rings is 1. The SMILES string of the molecule is O=C(CCCN1CCCCC1)Nc1cc(-c2ccccc2OC(F)(F)F)[nH]n1. The number of para-hydroxylation sites is 1. The van der Waals surface area contributed by atoms with Crippen LogP contribution >= 0.6 is 0 Å². The molecule has 1 aliphatic heterocycles. The number of aromatic amines is 1. The average molecular weight is 396 g/mol. The number of carbonyl (C=O) groups excluding carboxylic acids is 1. The molecule has 2 aromatic rings. The van der Waals surface area contributed by atoms with Crippen molar-refractivity contribution in [3.05, 3.63) is 30.3 Å². The van der Waals surface area contributed by atoms with Crippen LogP contribution in [0.3, 0.4) is 0 Å². The third-order valence-electron chi connectivity index (χ3n) is 4.58. The maximum absolute atomic E-state index is 12.6. The second-order valence-electron chi connectivity index (χ2n) is 6.76. The monoisotopic (exact) mass is 396 g/mol. The summed E-state index contributed by atoms with van der Waals surface area (Å²) in [4.78, 5) is 14.5. The topological polar surface area (TPSA) is 70.2 Å². The van der Waals surface area contributed by atoms with Crippen molar-refractivity contribution in [2.45, 2.75) is 38.5 Å². The lowest BCUT2D eigenvalue weighted by Gasteiger charge is -2.26. The average Bonchev–Trinajstić information content (AvgIpc) is 3.10. The van der Waals surface area contributed by atoms with E-state index in [1.54, 1.807) is 6.07 Å². The molecule has 0 aliphatic carbocycles. The highest BCUT2D eigenvalue weighted by molar-refractivity contribution is 5.90. The molecule has 1 amide bonds. The first-order valence-electron chi connectivity index (χ1n) is 9.33. The Balaban J connectivity index is 1.55. The maximum Gasteiger partial charge on any atom is 0.573 e. The van der Waals surface area contributed by atoms with E-state index in [-0.39, 0.29) is 23.0 Å². The van der Waals surface area contributed by atoms with Crippen molar-refractivity contribution in [2.75, 3.05) is 25.0 Å². The number of hydrogen-bond acceptors (Lipinski definition) is 4. The third kappa shape index (κ3) is 5.98. The van der Waals surface area contributed by atoms with E-state index >= 15 is 0 Å². The van der Waals surface area contributed by atoms with E-state index in [1.807, 2.05) is 0 Å². The van der Waals surface area contributed by atoms with Gasteiger partial charge in [-0.15, -0.1) is 13.2 Å². The van der Waals surface area contributed by atoms with Gasteiger partial charge in [0.25, 0.3) is 0 Å². The lowest BCUT2D eigenvalue weighted by molar-refractivity contribution is -0.274. The van der Waals surface area contributed by atoms with Crippen molar-refractivity contribution in [3.63, 3.8) is 0 Å². The van der Waals surface area contributed by atoms with Crippen LogP contribution in [0.15, 0.2) is 30.3 Å². The highest BCUT2D eigenvalue weighted by atomic mass is 19.4. The van der Waals surface area contributed by atoms with Crippen LogP contribution in [0.5, 0.6) is 5.75 Å². The number of amides is 1. The summed E-state index contributed by atoms with van der Waals surface area (Å²) in [6.07, 6.45) is 0.0263. The van der Waals surface area contributed by atoms with Gasteiger partial charge in [-0.3, -0.25) is 9.89 Å². The van der Waals surface area contributed by atoms with Crippen LogP contribution in [0.1, 0.15) is 32.1 Å². The van der Waals surface area contributed by atoms with E-state index in [2.05, 4.69) is 25.2 Å². The van der Waals surface area contributed by atoms with Crippen LogP contribution in [0.4, 0.5) is 19.0 Å². The van der Waals surface area contributed by atoms with Crippen LogP contribution in [-0.4, -0.2) is 47.0 Å². The van der Waals surface area contributed by atoms with Gasteiger partial charge < -0.3 is 15.0 Å². The molecule has 28 heavy (non-hydrogen) atoms. The van der Waals surface area contributed by atoms with Crippen molar-refractivity contribution >= 4 is 11.7 Å². The van der Waals surface area contributed by atoms with E-state index in [0.717, 1.165) is 26.1 Å². The lowest BCUT2D eigenvalue weighted by atomic mass is 10.1. The van der Waals surface area contributed by atoms with Gasteiger partial charge in [0.1, 0.15) is 5.75 Å². The van der Waals surface area contributed by atoms with Crippen molar-refractivity contribution < 1.29 is 22.7 Å². The number of alkyl halides is 3. The number of rotatable bonds is 7. The minimum atomic E-state index is -4.79. The highest BCUT2D eigenvalue weighted by Crippen LogP contribution is 2.33. The Hall–Kier alpha value is -2.55. The van der Waals surface area contributed by atoms with Crippen LogP contribution in [0.2, 0.25) is 0 Å². The molecule has 0 bridgehead atoms. The number of likely N-dealkylation sites (tertiary alicyclic amines) is 1. The lowest BCUT2D eigenvalue weighted by Crippen LogP contribution is -2.31. The number of anilines is 1. The molecule has 0 saturated carbocycles. The van der Waals surface area contributed by atoms with Gasteiger partial charge in [-0.05, 0) is 51.0 Å². The van der Waals surface area contributed by atoms with Crippen molar-refractivity contribution in [1.29, 1.82) is 0 Å². The number of H-pyrrole nitrogens is 1. The molecule has 0 atom stereocenters. The van der Waals surface area contributed by atoms with E-state index in [4.69, 9.17) is 0 Å². The van der Waals surface area contributed by atoms with E-state index in [1.165, 1.54) is 43.5 Å². The Kier molecular flexibility index (Phi) is 6.56. The molecule has 2 N–H and O–H groups in total. The van der Waals surface area contributed by atoms with Gasteiger partial charge in [0.2, 0.25) is 5.91 Å². The van der Waals surface area contributed by atoms with Crippen LogP contribution in [0.25, 0.3) is 11.3 Å². The van der Waals surface area contributed by atoms with Gasteiger partial charge in [-0.1, -0.05) is 18.6 Å². The number of carbonyl (C=O) groups is 1. The molecule has 6 nitrogen and oxygen atoms in total. The second-order valence-corrected chi connectivity index (χ2v) is 6.76. The Labute approximate surface area is 161 Å². The molecule has 1 fully saturated rings. The predicted octanol–water partition coefficient (Wildman–Crippen LogP) is 4.18. The molecule has 1 saturated heterocycles. The van der Waals surface area contributed by atoms with E-state index in [0.29, 0.717) is 12.1 Å². The summed E-state index contributed by atoms with van der Waals surface area (Å²) in [5.74, 6) is -0.243. The third-order valence-corrected chi connectivity index (χ3v) is 4.58. The second kappa shape index (κ2) is 9.09. The first kappa shape index (κ1) is 20.2.